The van der Waals surface area contributed by atoms with Crippen molar-refractivity contribution in [3.8, 4) is 5.75 Å². The van der Waals surface area contributed by atoms with Gasteiger partial charge in [-0.2, -0.15) is 0 Å². The van der Waals surface area contributed by atoms with E-state index in [2.05, 4.69) is 5.16 Å². The van der Waals surface area contributed by atoms with Crippen LogP contribution >= 0.6 is 11.6 Å². The summed E-state index contributed by atoms with van der Waals surface area (Å²) in [4.78, 5) is 0. The zero-order chi connectivity index (χ0) is 10.6. The second-order valence-electron chi connectivity index (χ2n) is 2.72. The molecular formula is C9H11ClN2O2. The van der Waals surface area contributed by atoms with Crippen LogP contribution in [0.1, 0.15) is 5.56 Å². The second-order valence-corrected chi connectivity index (χ2v) is 3.16. The van der Waals surface area contributed by atoms with E-state index in [9.17, 15) is 0 Å². The minimum absolute atomic E-state index is 0.116. The van der Waals surface area contributed by atoms with Crippen molar-refractivity contribution in [2.75, 3.05) is 7.11 Å². The van der Waals surface area contributed by atoms with Gasteiger partial charge in [0.25, 0.3) is 0 Å². The third kappa shape index (κ3) is 2.53. The molecule has 4 nitrogen and oxygen atoms in total. The zero-order valence-corrected chi connectivity index (χ0v) is 8.45. The minimum atomic E-state index is 0.116. The van der Waals surface area contributed by atoms with Crippen LogP contribution in [0, 0.1) is 0 Å². The Balaban J connectivity index is 2.99. The molecule has 0 radical (unpaired) electrons. The summed E-state index contributed by atoms with van der Waals surface area (Å²) >= 11 is 5.80. The summed E-state index contributed by atoms with van der Waals surface area (Å²) in [6.07, 6.45) is 0.306. The van der Waals surface area contributed by atoms with Crippen LogP contribution in [-0.2, 0) is 6.42 Å². The fourth-order valence-corrected chi connectivity index (χ4v) is 1.31. The predicted molar refractivity (Wildman–Crippen MR) is 55.1 cm³/mol. The monoisotopic (exact) mass is 214 g/mol. The molecule has 14 heavy (non-hydrogen) atoms. The molecule has 0 aromatic heterocycles. The molecule has 0 aliphatic carbocycles. The number of amidine groups is 1. The van der Waals surface area contributed by atoms with E-state index >= 15 is 0 Å². The van der Waals surface area contributed by atoms with Gasteiger partial charge >= 0.3 is 0 Å². The number of nitrogens with two attached hydrogens (primary N) is 1. The van der Waals surface area contributed by atoms with Gasteiger partial charge in [-0.1, -0.05) is 16.8 Å². The highest BCUT2D eigenvalue weighted by molar-refractivity contribution is 6.30. The third-order valence-corrected chi connectivity index (χ3v) is 1.98. The highest BCUT2D eigenvalue weighted by atomic mass is 35.5. The van der Waals surface area contributed by atoms with Crippen molar-refractivity contribution in [2.24, 2.45) is 10.9 Å². The first kappa shape index (κ1) is 10.7. The Hall–Kier alpha value is -1.42. The van der Waals surface area contributed by atoms with Crippen LogP contribution < -0.4 is 10.5 Å². The molecule has 0 spiro atoms. The largest absolute Gasteiger partial charge is 0.496 e. The molecule has 0 fully saturated rings. The molecule has 0 aliphatic rings. The van der Waals surface area contributed by atoms with E-state index in [1.54, 1.807) is 25.3 Å². The summed E-state index contributed by atoms with van der Waals surface area (Å²) < 4.78 is 5.09. The van der Waals surface area contributed by atoms with Crippen LogP contribution in [0.15, 0.2) is 23.4 Å². The Morgan fingerprint density at radius 3 is 2.93 bits per heavy atom. The lowest BCUT2D eigenvalue weighted by molar-refractivity contribution is 0.317. The molecule has 5 heteroatoms. The zero-order valence-electron chi connectivity index (χ0n) is 7.70. The Morgan fingerprint density at radius 2 is 2.36 bits per heavy atom. The van der Waals surface area contributed by atoms with Crippen LogP contribution in [0.5, 0.6) is 5.75 Å². The van der Waals surface area contributed by atoms with E-state index in [0.29, 0.717) is 17.2 Å². The van der Waals surface area contributed by atoms with Crippen LogP contribution in [-0.4, -0.2) is 18.2 Å². The van der Waals surface area contributed by atoms with Crippen LogP contribution in [0.4, 0.5) is 0 Å². The topological polar surface area (TPSA) is 67.8 Å². The quantitative estimate of drug-likeness (QED) is 0.348. The van der Waals surface area contributed by atoms with E-state index in [0.717, 1.165) is 5.56 Å². The predicted octanol–water partition coefficient (Wildman–Crippen LogP) is 1.64. The van der Waals surface area contributed by atoms with Gasteiger partial charge in [0.05, 0.1) is 7.11 Å². The SMILES string of the molecule is COc1ccc(Cl)cc1C/C(N)=N/O. The average molecular weight is 215 g/mol. The molecule has 1 aromatic rings. The van der Waals surface area contributed by atoms with Crippen molar-refractivity contribution in [2.45, 2.75) is 6.42 Å². The highest BCUT2D eigenvalue weighted by Crippen LogP contribution is 2.22. The molecule has 0 atom stereocenters. The van der Waals surface area contributed by atoms with E-state index < -0.39 is 0 Å². The van der Waals surface area contributed by atoms with Crippen LogP contribution in [0.25, 0.3) is 0 Å². The van der Waals surface area contributed by atoms with Gasteiger partial charge in [-0.25, -0.2) is 0 Å². The Labute approximate surface area is 86.9 Å². The maximum Gasteiger partial charge on any atom is 0.143 e. The van der Waals surface area contributed by atoms with Crippen molar-refractivity contribution in [1.29, 1.82) is 0 Å². The lowest BCUT2D eigenvalue weighted by atomic mass is 10.1. The van der Waals surface area contributed by atoms with Gasteiger partial charge in [-0.15, -0.1) is 0 Å². The number of halogens is 1. The fraction of sp³-hybridized carbons (Fsp3) is 0.222. The molecular weight excluding hydrogens is 204 g/mol. The Bertz CT molecular complexity index is 353. The third-order valence-electron chi connectivity index (χ3n) is 1.74. The molecule has 0 unspecified atom stereocenters. The smallest absolute Gasteiger partial charge is 0.143 e. The van der Waals surface area contributed by atoms with Gasteiger partial charge < -0.3 is 15.7 Å². The summed E-state index contributed by atoms with van der Waals surface area (Å²) in [5.74, 6) is 0.784. The molecule has 76 valence electrons. The van der Waals surface area contributed by atoms with Gasteiger partial charge in [-0.05, 0) is 18.2 Å². The molecule has 1 aromatic carbocycles. The molecule has 0 saturated heterocycles. The van der Waals surface area contributed by atoms with Gasteiger partial charge in [0.1, 0.15) is 11.6 Å². The van der Waals surface area contributed by atoms with E-state index in [1.165, 1.54) is 0 Å². The van der Waals surface area contributed by atoms with Crippen molar-refractivity contribution in [1.82, 2.24) is 0 Å². The molecule has 0 bridgehead atoms. The standard InChI is InChI=1S/C9H11ClN2O2/c1-14-8-3-2-7(10)4-6(8)5-9(11)12-13/h2-4,13H,5H2,1H3,(H2,11,12). The summed E-state index contributed by atoms with van der Waals surface area (Å²) in [5.41, 5.74) is 6.17. The van der Waals surface area contributed by atoms with Crippen molar-refractivity contribution >= 4 is 17.4 Å². The number of hydrogen-bond acceptors (Lipinski definition) is 3. The number of benzene rings is 1. The first-order chi connectivity index (χ1) is 6.67. The van der Waals surface area contributed by atoms with Crippen LogP contribution in [0.2, 0.25) is 5.02 Å². The molecule has 0 heterocycles. The van der Waals surface area contributed by atoms with Crippen molar-refractivity contribution in [3.05, 3.63) is 28.8 Å². The van der Waals surface area contributed by atoms with Crippen molar-refractivity contribution in [3.63, 3.8) is 0 Å². The number of methoxy groups -OCH3 is 1. The van der Waals surface area contributed by atoms with Crippen molar-refractivity contribution < 1.29 is 9.94 Å². The fourth-order valence-electron chi connectivity index (χ4n) is 1.12. The minimum Gasteiger partial charge on any atom is -0.496 e. The molecule has 3 N–H and O–H groups in total. The summed E-state index contributed by atoms with van der Waals surface area (Å²) in [6.45, 7) is 0. The number of nitrogens with zero attached hydrogens (tertiary/aromatic N) is 1. The number of rotatable bonds is 3. The lowest BCUT2D eigenvalue weighted by Crippen LogP contribution is -2.15. The van der Waals surface area contributed by atoms with E-state index in [-0.39, 0.29) is 5.84 Å². The maximum absolute atomic E-state index is 8.42. The van der Waals surface area contributed by atoms with Gasteiger partial charge in [0, 0.05) is 17.0 Å². The maximum atomic E-state index is 8.42. The molecule has 0 aliphatic heterocycles. The van der Waals surface area contributed by atoms with Gasteiger partial charge in [-0.3, -0.25) is 0 Å². The normalized spacial score (nSPS) is 11.4. The van der Waals surface area contributed by atoms with Gasteiger partial charge in [0.15, 0.2) is 0 Å². The van der Waals surface area contributed by atoms with E-state index in [1.807, 2.05) is 0 Å². The second kappa shape index (κ2) is 4.72. The molecule has 1 rings (SSSR count). The average Bonchev–Trinajstić information content (AvgIpc) is 2.18. The first-order valence-electron chi connectivity index (χ1n) is 3.96. The summed E-state index contributed by atoms with van der Waals surface area (Å²) in [7, 11) is 1.55. The van der Waals surface area contributed by atoms with Crippen LogP contribution in [0.3, 0.4) is 0 Å². The molecule has 0 amide bonds. The molecule has 0 saturated carbocycles. The summed E-state index contributed by atoms with van der Waals surface area (Å²) in [5, 5.41) is 11.9. The number of oxime groups is 1. The van der Waals surface area contributed by atoms with Gasteiger partial charge in [0.2, 0.25) is 0 Å². The lowest BCUT2D eigenvalue weighted by Gasteiger charge is -2.07. The van der Waals surface area contributed by atoms with E-state index in [4.69, 9.17) is 27.3 Å². The number of hydrogen-bond donors (Lipinski definition) is 2. The first-order valence-corrected chi connectivity index (χ1v) is 4.34. The summed E-state index contributed by atoms with van der Waals surface area (Å²) in [6, 6.07) is 5.18. The highest BCUT2D eigenvalue weighted by Gasteiger charge is 2.05. The Morgan fingerprint density at radius 1 is 1.64 bits per heavy atom. The number of ether oxygens (including phenoxy) is 1. The Kier molecular flexibility index (Phi) is 3.59.